The topological polar surface area (TPSA) is 86.3 Å². The fraction of sp³-hybridized carbons (Fsp3) is 0.310. The van der Waals surface area contributed by atoms with E-state index >= 15 is 0 Å². The Balaban J connectivity index is 1.22. The van der Waals surface area contributed by atoms with Gasteiger partial charge in [-0.1, -0.05) is 23.8 Å². The van der Waals surface area contributed by atoms with Gasteiger partial charge < -0.3 is 15.5 Å². The molecule has 1 fully saturated rings. The number of pyridine rings is 1. The summed E-state index contributed by atoms with van der Waals surface area (Å²) in [7, 11) is 2.17. The number of allylic oxidation sites excluding steroid dienone is 2. The smallest absolute Gasteiger partial charge is 0.251 e. The molecule has 2 aliphatic rings. The van der Waals surface area contributed by atoms with Gasteiger partial charge in [-0.25, -0.2) is 9.97 Å². The van der Waals surface area contributed by atoms with Crippen LogP contribution >= 0.6 is 0 Å². The molecule has 0 atom stereocenters. The van der Waals surface area contributed by atoms with Gasteiger partial charge in [0.15, 0.2) is 0 Å². The summed E-state index contributed by atoms with van der Waals surface area (Å²) < 4.78 is 0. The van der Waals surface area contributed by atoms with Crippen LogP contribution in [0.3, 0.4) is 0 Å². The van der Waals surface area contributed by atoms with Crippen LogP contribution in [0.1, 0.15) is 18.4 Å². The molecule has 1 aliphatic carbocycles. The maximum Gasteiger partial charge on any atom is 0.251 e. The van der Waals surface area contributed by atoms with E-state index in [2.05, 4.69) is 48.5 Å². The number of aromatic nitrogens is 3. The van der Waals surface area contributed by atoms with Crippen molar-refractivity contribution in [2.24, 2.45) is 0 Å². The molecule has 0 spiro atoms. The number of rotatable bonds is 7. The van der Waals surface area contributed by atoms with Crippen LogP contribution in [0.4, 0.5) is 17.3 Å². The van der Waals surface area contributed by atoms with Crippen LogP contribution in [0, 0.1) is 6.92 Å². The van der Waals surface area contributed by atoms with Crippen molar-refractivity contribution in [3.8, 4) is 11.3 Å². The van der Waals surface area contributed by atoms with E-state index in [9.17, 15) is 4.79 Å². The first-order valence-electron chi connectivity index (χ1n) is 12.8. The zero-order valence-corrected chi connectivity index (χ0v) is 21.4. The van der Waals surface area contributed by atoms with E-state index in [-0.39, 0.29) is 5.91 Å². The lowest BCUT2D eigenvalue weighted by Crippen LogP contribution is -2.45. The Hall–Kier alpha value is -3.88. The van der Waals surface area contributed by atoms with Gasteiger partial charge in [0.2, 0.25) is 5.95 Å². The Morgan fingerprint density at radius 1 is 1.03 bits per heavy atom. The lowest BCUT2D eigenvalue weighted by Gasteiger charge is -2.33. The van der Waals surface area contributed by atoms with Crippen molar-refractivity contribution in [3.63, 3.8) is 0 Å². The maximum atomic E-state index is 13.0. The Kier molecular flexibility index (Phi) is 7.67. The van der Waals surface area contributed by atoms with Crippen molar-refractivity contribution in [3.05, 3.63) is 83.9 Å². The summed E-state index contributed by atoms with van der Waals surface area (Å²) in [6, 6.07) is 11.5. The van der Waals surface area contributed by atoms with Crippen molar-refractivity contribution >= 4 is 23.2 Å². The van der Waals surface area contributed by atoms with Gasteiger partial charge in [-0.05, 0) is 62.7 Å². The predicted octanol–water partition coefficient (Wildman–Crippen LogP) is 4.42. The minimum absolute atomic E-state index is 0.0560. The molecular weight excluding hydrogens is 462 g/mol. The number of anilines is 3. The van der Waals surface area contributed by atoms with Gasteiger partial charge in [0.05, 0.1) is 5.69 Å². The van der Waals surface area contributed by atoms with Crippen LogP contribution < -0.4 is 10.6 Å². The second kappa shape index (κ2) is 11.5. The average Bonchev–Trinajstić information content (AvgIpc) is 2.93. The van der Waals surface area contributed by atoms with E-state index < -0.39 is 0 Å². The zero-order chi connectivity index (χ0) is 25.6. The van der Waals surface area contributed by atoms with Crippen LogP contribution in [0.2, 0.25) is 0 Å². The molecule has 2 N–H and O–H groups in total. The molecular formula is C29H33N7O. The first-order chi connectivity index (χ1) is 18.0. The van der Waals surface area contributed by atoms with E-state index in [4.69, 9.17) is 0 Å². The number of nitrogens with zero attached hydrogens (tertiary/aromatic N) is 5. The van der Waals surface area contributed by atoms with Gasteiger partial charge >= 0.3 is 0 Å². The number of likely N-dealkylation sites (N-methyl/N-ethyl adjacent to an activating group) is 1. The minimum Gasteiger partial charge on any atom is -0.324 e. The third kappa shape index (κ3) is 6.47. The van der Waals surface area contributed by atoms with Gasteiger partial charge in [-0.3, -0.25) is 14.7 Å². The fourth-order valence-corrected chi connectivity index (χ4v) is 4.55. The van der Waals surface area contributed by atoms with E-state index in [0.29, 0.717) is 5.95 Å². The highest BCUT2D eigenvalue weighted by Crippen LogP contribution is 2.26. The summed E-state index contributed by atoms with van der Waals surface area (Å²) in [5, 5.41) is 6.36. The second-order valence-corrected chi connectivity index (χ2v) is 9.71. The van der Waals surface area contributed by atoms with Crippen molar-refractivity contribution in [2.45, 2.75) is 19.8 Å². The maximum absolute atomic E-state index is 13.0. The van der Waals surface area contributed by atoms with Crippen LogP contribution in [-0.4, -0.2) is 70.4 Å². The van der Waals surface area contributed by atoms with Crippen molar-refractivity contribution in [1.82, 2.24) is 24.8 Å². The highest BCUT2D eigenvalue weighted by molar-refractivity contribution is 6.04. The van der Waals surface area contributed by atoms with Crippen molar-refractivity contribution in [1.29, 1.82) is 0 Å². The lowest BCUT2D eigenvalue weighted by molar-refractivity contribution is -0.113. The largest absolute Gasteiger partial charge is 0.324 e. The monoisotopic (exact) mass is 495 g/mol. The minimum atomic E-state index is -0.0560. The highest BCUT2D eigenvalue weighted by Gasteiger charge is 2.18. The molecule has 37 heavy (non-hydrogen) atoms. The Labute approximate surface area is 218 Å². The number of amides is 1. The SMILES string of the molecule is Cc1ccc(NC(=O)C2=CC=C(CN3CCN(C)CC3)CC2)cc1Nc1nccc(-c2cccnc2)n1. The number of nitrogens with one attached hydrogen (secondary N) is 2. The van der Waals surface area contributed by atoms with Crippen molar-refractivity contribution in [2.75, 3.05) is 50.4 Å². The number of carbonyl (C=O) groups excluding carboxylic acids is 1. The number of hydrogen-bond acceptors (Lipinski definition) is 7. The molecule has 190 valence electrons. The molecule has 1 saturated heterocycles. The molecule has 0 saturated carbocycles. The molecule has 0 unspecified atom stereocenters. The average molecular weight is 496 g/mol. The third-order valence-corrected chi connectivity index (χ3v) is 6.90. The van der Waals surface area contributed by atoms with Gasteiger partial charge in [0, 0.05) is 73.8 Å². The Morgan fingerprint density at radius 3 is 2.65 bits per heavy atom. The number of hydrogen-bond donors (Lipinski definition) is 2. The quantitative estimate of drug-likeness (QED) is 0.502. The molecule has 8 nitrogen and oxygen atoms in total. The molecule has 0 radical (unpaired) electrons. The second-order valence-electron chi connectivity index (χ2n) is 9.71. The molecule has 0 bridgehead atoms. The van der Waals surface area contributed by atoms with E-state index in [0.717, 1.165) is 79.3 Å². The molecule has 3 aromatic rings. The van der Waals surface area contributed by atoms with Gasteiger partial charge in [-0.2, -0.15) is 0 Å². The summed E-state index contributed by atoms with van der Waals surface area (Å²) in [6.07, 6.45) is 11.0. The lowest BCUT2D eigenvalue weighted by atomic mass is 9.97. The summed E-state index contributed by atoms with van der Waals surface area (Å²) in [5.74, 6) is 0.431. The van der Waals surface area contributed by atoms with Gasteiger partial charge in [0.1, 0.15) is 0 Å². The number of piperazine rings is 1. The summed E-state index contributed by atoms with van der Waals surface area (Å²) >= 11 is 0. The first-order valence-corrected chi connectivity index (χ1v) is 12.8. The molecule has 3 heterocycles. The van der Waals surface area contributed by atoms with Gasteiger partial charge in [0.25, 0.3) is 5.91 Å². The molecule has 1 aliphatic heterocycles. The third-order valence-electron chi connectivity index (χ3n) is 6.90. The number of benzene rings is 1. The van der Waals surface area contributed by atoms with E-state index in [1.165, 1.54) is 5.57 Å². The highest BCUT2D eigenvalue weighted by atomic mass is 16.1. The molecule has 1 aromatic carbocycles. The molecule has 8 heteroatoms. The van der Waals surface area contributed by atoms with E-state index in [1.54, 1.807) is 18.6 Å². The molecule has 2 aromatic heterocycles. The number of aryl methyl sites for hydroxylation is 1. The van der Waals surface area contributed by atoms with Crippen LogP contribution in [0.5, 0.6) is 0 Å². The first kappa shape index (κ1) is 24.8. The summed E-state index contributed by atoms with van der Waals surface area (Å²) in [4.78, 5) is 31.0. The summed E-state index contributed by atoms with van der Waals surface area (Å²) in [6.45, 7) is 7.45. The van der Waals surface area contributed by atoms with Crippen LogP contribution in [0.15, 0.2) is 78.3 Å². The fourth-order valence-electron chi connectivity index (χ4n) is 4.55. The molecule has 1 amide bonds. The van der Waals surface area contributed by atoms with Crippen LogP contribution in [-0.2, 0) is 4.79 Å². The zero-order valence-electron chi connectivity index (χ0n) is 21.4. The predicted molar refractivity (Wildman–Crippen MR) is 148 cm³/mol. The Morgan fingerprint density at radius 2 is 1.89 bits per heavy atom. The summed E-state index contributed by atoms with van der Waals surface area (Å²) in [5.41, 5.74) is 6.52. The Bertz CT molecular complexity index is 1310. The van der Waals surface area contributed by atoms with Crippen LogP contribution in [0.25, 0.3) is 11.3 Å². The van der Waals surface area contributed by atoms with E-state index in [1.807, 2.05) is 49.4 Å². The van der Waals surface area contributed by atoms with Gasteiger partial charge in [-0.15, -0.1) is 0 Å². The molecule has 5 rings (SSSR count). The normalized spacial score (nSPS) is 16.6. The number of carbonyl (C=O) groups is 1. The standard InChI is InChI=1S/C29H33N7O/c1-21-5-10-25(18-27(21)34-29-31-13-11-26(33-29)24-4-3-12-30-19-24)32-28(37)23-8-6-22(7-9-23)20-36-16-14-35(2)15-17-36/h3-6,8,10-13,18-19H,7,9,14-17,20H2,1-2H3,(H,32,37)(H,31,33,34). The van der Waals surface area contributed by atoms with Crippen molar-refractivity contribution < 1.29 is 4.79 Å².